The van der Waals surface area contributed by atoms with Crippen molar-refractivity contribution in [3.05, 3.63) is 0 Å². The van der Waals surface area contributed by atoms with Crippen LogP contribution in [0.4, 0.5) is 0 Å². The van der Waals surface area contributed by atoms with E-state index in [2.05, 4.69) is 0 Å². The average molecular weight is 194 g/mol. The van der Waals surface area contributed by atoms with Crippen LogP contribution in [0.1, 0.15) is 0 Å². The molecule has 13 heavy (non-hydrogen) atoms. The molecular formula is C7H14O6. The minimum atomic E-state index is -1.16. The first-order chi connectivity index (χ1) is 6.20. The predicted molar refractivity (Wildman–Crippen MR) is 40.8 cm³/mol. The highest BCUT2D eigenvalue weighted by atomic mass is 16.7. The summed E-state index contributed by atoms with van der Waals surface area (Å²) in [5.74, 6) is 0. The summed E-state index contributed by atoms with van der Waals surface area (Å²) in [4.78, 5) is 0. The molecule has 0 bridgehead atoms. The van der Waals surface area contributed by atoms with Gasteiger partial charge in [-0.3, -0.25) is 0 Å². The van der Waals surface area contributed by atoms with Gasteiger partial charge >= 0.3 is 0 Å². The molecule has 0 aromatic rings. The van der Waals surface area contributed by atoms with E-state index < -0.39 is 31.0 Å². The molecule has 0 aromatic heterocycles. The lowest BCUT2D eigenvalue weighted by Crippen LogP contribution is -2.53. The van der Waals surface area contributed by atoms with Crippen LogP contribution in [0.15, 0.2) is 0 Å². The van der Waals surface area contributed by atoms with Crippen molar-refractivity contribution in [1.82, 2.24) is 0 Å². The van der Waals surface area contributed by atoms with Crippen LogP contribution in [0.25, 0.3) is 0 Å². The first-order valence-corrected chi connectivity index (χ1v) is 4.01. The van der Waals surface area contributed by atoms with Crippen LogP contribution in [-0.2, 0) is 9.47 Å². The number of aliphatic hydroxyl groups is 4. The SMILES string of the molecule is OCC(O)C1OCOC(CO)C1O. The van der Waals surface area contributed by atoms with Crippen molar-refractivity contribution in [3.63, 3.8) is 0 Å². The van der Waals surface area contributed by atoms with E-state index in [0.717, 1.165) is 0 Å². The molecular weight excluding hydrogens is 180 g/mol. The third-order valence-electron chi connectivity index (χ3n) is 2.01. The molecule has 0 amide bonds. The Hall–Kier alpha value is -0.240. The molecule has 0 saturated carbocycles. The molecule has 78 valence electrons. The van der Waals surface area contributed by atoms with Crippen molar-refractivity contribution < 1.29 is 29.9 Å². The van der Waals surface area contributed by atoms with Gasteiger partial charge in [-0.25, -0.2) is 0 Å². The zero-order valence-electron chi connectivity index (χ0n) is 7.04. The van der Waals surface area contributed by atoms with Crippen LogP contribution >= 0.6 is 0 Å². The fourth-order valence-corrected chi connectivity index (χ4v) is 1.22. The van der Waals surface area contributed by atoms with Crippen molar-refractivity contribution in [3.8, 4) is 0 Å². The van der Waals surface area contributed by atoms with Crippen molar-refractivity contribution in [2.45, 2.75) is 24.4 Å². The molecule has 4 atom stereocenters. The Morgan fingerprint density at radius 1 is 1.31 bits per heavy atom. The Balaban J connectivity index is 2.54. The van der Waals surface area contributed by atoms with Gasteiger partial charge in [-0.2, -0.15) is 0 Å². The van der Waals surface area contributed by atoms with Crippen molar-refractivity contribution in [2.24, 2.45) is 0 Å². The Bertz CT molecular complexity index is 152. The number of hydrogen-bond donors (Lipinski definition) is 4. The Morgan fingerprint density at radius 2 is 2.00 bits per heavy atom. The molecule has 4 unspecified atom stereocenters. The van der Waals surface area contributed by atoms with Gasteiger partial charge in [0.15, 0.2) is 0 Å². The first kappa shape index (κ1) is 10.8. The Kier molecular flexibility index (Phi) is 4.04. The van der Waals surface area contributed by atoms with Gasteiger partial charge in [0.25, 0.3) is 0 Å². The summed E-state index contributed by atoms with van der Waals surface area (Å²) in [6, 6.07) is 0. The van der Waals surface area contributed by atoms with E-state index in [9.17, 15) is 10.2 Å². The third kappa shape index (κ3) is 2.37. The van der Waals surface area contributed by atoms with Crippen molar-refractivity contribution >= 4 is 0 Å². The summed E-state index contributed by atoms with van der Waals surface area (Å²) in [6.07, 6.45) is -3.95. The van der Waals surface area contributed by atoms with Crippen LogP contribution < -0.4 is 0 Å². The highest BCUT2D eigenvalue weighted by Gasteiger charge is 2.37. The molecule has 4 N–H and O–H groups in total. The van der Waals surface area contributed by atoms with Crippen LogP contribution in [0.3, 0.4) is 0 Å². The molecule has 1 aliphatic rings. The second kappa shape index (κ2) is 4.85. The highest BCUT2D eigenvalue weighted by molar-refractivity contribution is 4.84. The summed E-state index contributed by atoms with van der Waals surface area (Å²) >= 11 is 0. The highest BCUT2D eigenvalue weighted by Crippen LogP contribution is 2.16. The smallest absolute Gasteiger partial charge is 0.147 e. The number of hydrogen-bond acceptors (Lipinski definition) is 6. The van der Waals surface area contributed by atoms with Crippen molar-refractivity contribution in [1.29, 1.82) is 0 Å². The van der Waals surface area contributed by atoms with Gasteiger partial charge in [0, 0.05) is 0 Å². The van der Waals surface area contributed by atoms with E-state index >= 15 is 0 Å². The maximum atomic E-state index is 9.45. The van der Waals surface area contributed by atoms with Gasteiger partial charge in [0.1, 0.15) is 31.2 Å². The van der Waals surface area contributed by atoms with Gasteiger partial charge in [-0.15, -0.1) is 0 Å². The molecule has 1 fully saturated rings. The zero-order chi connectivity index (χ0) is 9.84. The van der Waals surface area contributed by atoms with Crippen LogP contribution in [0.5, 0.6) is 0 Å². The van der Waals surface area contributed by atoms with E-state index in [1.54, 1.807) is 0 Å². The third-order valence-corrected chi connectivity index (χ3v) is 2.01. The van der Waals surface area contributed by atoms with Crippen LogP contribution in [-0.4, -0.2) is 64.8 Å². The first-order valence-electron chi connectivity index (χ1n) is 4.01. The second-order valence-electron chi connectivity index (χ2n) is 2.88. The molecule has 1 rings (SSSR count). The normalized spacial score (nSPS) is 37.4. The standard InChI is InChI=1S/C7H14O6/c8-1-4(10)7-6(11)5(2-9)12-3-13-7/h4-11H,1-3H2. The second-order valence-corrected chi connectivity index (χ2v) is 2.88. The largest absolute Gasteiger partial charge is 0.394 e. The van der Waals surface area contributed by atoms with Gasteiger partial charge in [-0.05, 0) is 0 Å². The van der Waals surface area contributed by atoms with E-state index in [0.29, 0.717) is 0 Å². The van der Waals surface area contributed by atoms with Gasteiger partial charge in [-0.1, -0.05) is 0 Å². The molecule has 1 heterocycles. The summed E-state index contributed by atoms with van der Waals surface area (Å²) in [5, 5.41) is 36.0. The molecule has 0 aliphatic carbocycles. The molecule has 6 nitrogen and oxygen atoms in total. The summed E-state index contributed by atoms with van der Waals surface area (Å²) in [6.45, 7) is -0.955. The van der Waals surface area contributed by atoms with Crippen LogP contribution in [0, 0.1) is 0 Å². The lowest BCUT2D eigenvalue weighted by Gasteiger charge is -2.35. The number of rotatable bonds is 3. The summed E-state index contributed by atoms with van der Waals surface area (Å²) < 4.78 is 9.73. The Labute approximate surface area is 75.3 Å². The minimum Gasteiger partial charge on any atom is -0.394 e. The molecule has 1 aliphatic heterocycles. The topological polar surface area (TPSA) is 99.4 Å². The van der Waals surface area contributed by atoms with Gasteiger partial charge in [0.2, 0.25) is 0 Å². The van der Waals surface area contributed by atoms with Gasteiger partial charge in [0.05, 0.1) is 13.2 Å². The summed E-state index contributed by atoms with van der Waals surface area (Å²) in [5.41, 5.74) is 0. The minimum absolute atomic E-state index is 0.107. The average Bonchev–Trinajstić information content (AvgIpc) is 2.17. The molecule has 0 radical (unpaired) electrons. The number of aliphatic hydroxyl groups excluding tert-OH is 4. The lowest BCUT2D eigenvalue weighted by atomic mass is 10.0. The van der Waals surface area contributed by atoms with E-state index in [1.807, 2.05) is 0 Å². The maximum absolute atomic E-state index is 9.45. The molecule has 0 aromatic carbocycles. The van der Waals surface area contributed by atoms with Gasteiger partial charge < -0.3 is 29.9 Å². The van der Waals surface area contributed by atoms with Crippen molar-refractivity contribution in [2.75, 3.05) is 20.0 Å². The lowest BCUT2D eigenvalue weighted by molar-refractivity contribution is -0.259. The summed E-state index contributed by atoms with van der Waals surface area (Å²) in [7, 11) is 0. The van der Waals surface area contributed by atoms with E-state index in [1.165, 1.54) is 0 Å². The van der Waals surface area contributed by atoms with Crippen LogP contribution in [0.2, 0.25) is 0 Å². The predicted octanol–water partition coefficient (Wildman–Crippen LogP) is -2.57. The fraction of sp³-hybridized carbons (Fsp3) is 1.00. The maximum Gasteiger partial charge on any atom is 0.147 e. The fourth-order valence-electron chi connectivity index (χ4n) is 1.22. The molecule has 0 spiro atoms. The Morgan fingerprint density at radius 3 is 2.54 bits per heavy atom. The molecule has 1 saturated heterocycles. The quantitative estimate of drug-likeness (QED) is 0.394. The number of ether oxygens (including phenoxy) is 2. The van der Waals surface area contributed by atoms with E-state index in [4.69, 9.17) is 19.7 Å². The monoisotopic (exact) mass is 194 g/mol. The molecule has 6 heteroatoms. The van der Waals surface area contributed by atoms with E-state index in [-0.39, 0.29) is 13.4 Å². The zero-order valence-corrected chi connectivity index (χ0v) is 7.04.